The minimum absolute atomic E-state index is 0.0914. The maximum Gasteiger partial charge on any atom is 0.211 e. The predicted molar refractivity (Wildman–Crippen MR) is 35.4 cm³/mol. The van der Waals surface area contributed by atoms with Crippen LogP contribution in [0.2, 0.25) is 0 Å². The molecule has 0 bridgehead atoms. The molecule has 0 aromatic carbocycles. The second kappa shape index (κ2) is 3.17. The van der Waals surface area contributed by atoms with Crippen molar-refractivity contribution >= 4 is 0 Å². The SMILES string of the molecule is OCC[n+]1cccc(O)c1. The smallest absolute Gasteiger partial charge is 0.211 e. The third-order valence-electron chi connectivity index (χ3n) is 1.20. The van der Waals surface area contributed by atoms with Crippen LogP contribution in [0.5, 0.6) is 5.75 Å². The first kappa shape index (κ1) is 7.02. The quantitative estimate of drug-likeness (QED) is 0.552. The van der Waals surface area contributed by atoms with Crippen molar-refractivity contribution in [2.24, 2.45) is 0 Å². The summed E-state index contributed by atoms with van der Waals surface area (Å²) in [5.74, 6) is 0.218. The van der Waals surface area contributed by atoms with E-state index in [0.717, 1.165) is 0 Å². The number of rotatable bonds is 2. The molecule has 0 spiro atoms. The molecule has 0 aliphatic rings. The first-order valence-corrected chi connectivity index (χ1v) is 3.12. The Morgan fingerprint density at radius 2 is 2.30 bits per heavy atom. The lowest BCUT2D eigenvalue weighted by Crippen LogP contribution is -2.34. The molecule has 0 aliphatic heterocycles. The van der Waals surface area contributed by atoms with Crippen molar-refractivity contribution in [2.75, 3.05) is 6.61 Å². The van der Waals surface area contributed by atoms with Crippen LogP contribution in [0.3, 0.4) is 0 Å². The van der Waals surface area contributed by atoms with E-state index in [0.29, 0.717) is 6.54 Å². The van der Waals surface area contributed by atoms with Crippen LogP contribution in [0.15, 0.2) is 24.5 Å². The van der Waals surface area contributed by atoms with Gasteiger partial charge in [0, 0.05) is 6.07 Å². The van der Waals surface area contributed by atoms with Gasteiger partial charge in [-0.25, -0.2) is 0 Å². The summed E-state index contributed by atoms with van der Waals surface area (Å²) in [6.45, 7) is 0.614. The fourth-order valence-corrected chi connectivity index (χ4v) is 0.763. The van der Waals surface area contributed by atoms with E-state index >= 15 is 0 Å². The van der Waals surface area contributed by atoms with E-state index in [2.05, 4.69) is 0 Å². The van der Waals surface area contributed by atoms with Crippen molar-refractivity contribution in [3.8, 4) is 5.75 Å². The van der Waals surface area contributed by atoms with Crippen LogP contribution in [0.1, 0.15) is 0 Å². The minimum Gasteiger partial charge on any atom is -0.503 e. The summed E-state index contributed by atoms with van der Waals surface area (Å²) < 4.78 is 1.72. The summed E-state index contributed by atoms with van der Waals surface area (Å²) in [4.78, 5) is 0. The van der Waals surface area contributed by atoms with Gasteiger partial charge in [0.2, 0.25) is 6.20 Å². The highest BCUT2D eigenvalue weighted by Gasteiger charge is 1.97. The second-order valence-electron chi connectivity index (χ2n) is 2.02. The molecule has 3 heteroatoms. The monoisotopic (exact) mass is 140 g/mol. The van der Waals surface area contributed by atoms with Crippen molar-refractivity contribution in [3.05, 3.63) is 24.5 Å². The fraction of sp³-hybridized carbons (Fsp3) is 0.286. The van der Waals surface area contributed by atoms with Gasteiger partial charge in [-0.15, -0.1) is 0 Å². The van der Waals surface area contributed by atoms with Gasteiger partial charge >= 0.3 is 0 Å². The Balaban J connectivity index is 2.75. The lowest BCUT2D eigenvalue weighted by atomic mass is 10.4. The minimum atomic E-state index is 0.0914. The van der Waals surface area contributed by atoms with E-state index in [-0.39, 0.29) is 12.4 Å². The lowest BCUT2D eigenvalue weighted by Gasteiger charge is -1.91. The van der Waals surface area contributed by atoms with Crippen molar-refractivity contribution in [1.82, 2.24) is 0 Å². The number of pyridine rings is 1. The van der Waals surface area contributed by atoms with Gasteiger partial charge in [-0.3, -0.25) is 0 Å². The van der Waals surface area contributed by atoms with Gasteiger partial charge in [0.05, 0.1) is 0 Å². The zero-order chi connectivity index (χ0) is 7.40. The van der Waals surface area contributed by atoms with Crippen molar-refractivity contribution in [2.45, 2.75) is 6.54 Å². The van der Waals surface area contributed by atoms with Gasteiger partial charge in [0.1, 0.15) is 6.61 Å². The van der Waals surface area contributed by atoms with E-state index in [1.165, 1.54) is 0 Å². The zero-order valence-corrected chi connectivity index (χ0v) is 5.57. The summed E-state index contributed by atoms with van der Waals surface area (Å²) >= 11 is 0. The average Bonchev–Trinajstić information content (AvgIpc) is 1.88. The summed E-state index contributed by atoms with van der Waals surface area (Å²) in [5, 5.41) is 17.4. The molecule has 0 saturated heterocycles. The molecule has 0 amide bonds. The molecule has 1 heterocycles. The Labute approximate surface area is 59.2 Å². The number of aromatic hydroxyl groups is 1. The summed E-state index contributed by atoms with van der Waals surface area (Å²) in [7, 11) is 0. The molecule has 1 aromatic heterocycles. The van der Waals surface area contributed by atoms with Crippen LogP contribution in [0.25, 0.3) is 0 Å². The number of aliphatic hydroxyl groups is 1. The van der Waals surface area contributed by atoms with Gasteiger partial charge in [0.25, 0.3) is 0 Å². The maximum atomic E-state index is 8.94. The molecular formula is C7H10NO2+. The van der Waals surface area contributed by atoms with Crippen LogP contribution in [-0.2, 0) is 6.54 Å². The average molecular weight is 140 g/mol. The summed E-state index contributed by atoms with van der Waals surface area (Å²) in [6, 6.07) is 3.32. The second-order valence-corrected chi connectivity index (χ2v) is 2.02. The normalized spacial score (nSPS) is 9.70. The van der Waals surface area contributed by atoms with Crippen molar-refractivity contribution in [3.63, 3.8) is 0 Å². The molecule has 0 aliphatic carbocycles. The first-order valence-electron chi connectivity index (χ1n) is 3.12. The summed E-state index contributed by atoms with van der Waals surface area (Å²) in [6.07, 6.45) is 3.35. The van der Waals surface area contributed by atoms with Gasteiger partial charge < -0.3 is 10.2 Å². The highest BCUT2D eigenvalue weighted by molar-refractivity contribution is 5.09. The molecule has 1 aromatic rings. The largest absolute Gasteiger partial charge is 0.503 e. The van der Waals surface area contributed by atoms with E-state index < -0.39 is 0 Å². The molecular weight excluding hydrogens is 130 g/mol. The number of hydrogen-bond acceptors (Lipinski definition) is 2. The highest BCUT2D eigenvalue weighted by atomic mass is 16.3. The van der Waals surface area contributed by atoms with Crippen molar-refractivity contribution < 1.29 is 14.8 Å². The Bertz CT molecular complexity index is 213. The number of aliphatic hydroxyl groups excluding tert-OH is 1. The van der Waals surface area contributed by atoms with Gasteiger partial charge in [-0.1, -0.05) is 0 Å². The molecule has 0 atom stereocenters. The Kier molecular flexibility index (Phi) is 2.23. The van der Waals surface area contributed by atoms with Crippen LogP contribution >= 0.6 is 0 Å². The zero-order valence-electron chi connectivity index (χ0n) is 5.57. The standard InChI is InChI=1S/C7H9NO2/c9-5-4-8-3-1-2-7(10)6-8/h1-3,6,9H,4-5H2/p+1. The molecule has 54 valence electrons. The summed E-state index contributed by atoms with van der Waals surface area (Å²) in [5.41, 5.74) is 0. The van der Waals surface area contributed by atoms with E-state index in [9.17, 15) is 0 Å². The van der Waals surface area contributed by atoms with E-state index in [4.69, 9.17) is 10.2 Å². The predicted octanol–water partition coefficient (Wildman–Crippen LogP) is -0.328. The topological polar surface area (TPSA) is 44.3 Å². The van der Waals surface area contributed by atoms with Crippen LogP contribution in [-0.4, -0.2) is 16.8 Å². The van der Waals surface area contributed by atoms with Crippen LogP contribution < -0.4 is 4.57 Å². The molecule has 10 heavy (non-hydrogen) atoms. The molecule has 1 rings (SSSR count). The fourth-order valence-electron chi connectivity index (χ4n) is 0.763. The van der Waals surface area contributed by atoms with E-state index in [1.54, 1.807) is 29.1 Å². The lowest BCUT2D eigenvalue weighted by molar-refractivity contribution is -0.698. The molecule has 0 saturated carbocycles. The first-order chi connectivity index (χ1) is 4.83. The number of aromatic nitrogens is 1. The molecule has 3 nitrogen and oxygen atoms in total. The number of nitrogens with zero attached hydrogens (tertiary/aromatic N) is 1. The highest BCUT2D eigenvalue weighted by Crippen LogP contribution is 1.99. The molecule has 0 unspecified atom stereocenters. The number of hydrogen-bond donors (Lipinski definition) is 2. The molecule has 2 N–H and O–H groups in total. The van der Waals surface area contributed by atoms with Crippen LogP contribution in [0, 0.1) is 0 Å². The van der Waals surface area contributed by atoms with Gasteiger partial charge in [-0.2, -0.15) is 4.57 Å². The Morgan fingerprint density at radius 3 is 2.90 bits per heavy atom. The third kappa shape index (κ3) is 1.70. The third-order valence-corrected chi connectivity index (χ3v) is 1.20. The Hall–Kier alpha value is -1.09. The van der Waals surface area contributed by atoms with Gasteiger partial charge in [-0.05, 0) is 6.07 Å². The van der Waals surface area contributed by atoms with Gasteiger partial charge in [0.15, 0.2) is 18.5 Å². The van der Waals surface area contributed by atoms with Crippen LogP contribution in [0.4, 0.5) is 0 Å². The maximum absolute atomic E-state index is 8.94. The molecule has 0 fully saturated rings. The van der Waals surface area contributed by atoms with Crippen molar-refractivity contribution in [1.29, 1.82) is 0 Å². The van der Waals surface area contributed by atoms with E-state index in [1.807, 2.05) is 0 Å². The Morgan fingerprint density at radius 1 is 1.50 bits per heavy atom. The molecule has 0 radical (unpaired) electrons.